The van der Waals surface area contributed by atoms with E-state index >= 15 is 0 Å². The minimum atomic E-state index is -0.643. The Morgan fingerprint density at radius 1 is 0.621 bits per heavy atom. The van der Waals surface area contributed by atoms with Crippen LogP contribution in [0.1, 0.15) is 95.4 Å². The molecule has 66 heavy (non-hydrogen) atoms. The summed E-state index contributed by atoms with van der Waals surface area (Å²) >= 11 is 0. The molecule has 0 spiro atoms. The molecule has 12 heteroatoms. The van der Waals surface area contributed by atoms with Crippen LogP contribution in [0.3, 0.4) is 0 Å². The zero-order valence-corrected chi connectivity index (χ0v) is 39.8. The van der Waals surface area contributed by atoms with E-state index in [9.17, 15) is 9.59 Å². The highest BCUT2D eigenvalue weighted by Gasteiger charge is 2.46. The van der Waals surface area contributed by atoms with Crippen molar-refractivity contribution in [3.8, 4) is 22.6 Å². The molecule has 3 aliphatic rings. The molecule has 2 unspecified atom stereocenters. The number of hydrogen-bond donors (Lipinski definition) is 2. The van der Waals surface area contributed by atoms with Crippen LogP contribution in [-0.4, -0.2) is 103 Å². The number of amides is 1. The molecule has 0 saturated carbocycles. The number of unbranched alkanes of at least 4 members (excludes halogenated alkanes) is 2. The van der Waals surface area contributed by atoms with Gasteiger partial charge in [-0.25, -0.2) is 4.79 Å². The van der Waals surface area contributed by atoms with Gasteiger partial charge in [0.1, 0.15) is 24.7 Å². The third-order valence-electron chi connectivity index (χ3n) is 12.9. The van der Waals surface area contributed by atoms with Crippen LogP contribution in [0.5, 0.6) is 11.5 Å². The van der Waals surface area contributed by atoms with Crippen molar-refractivity contribution in [2.45, 2.75) is 90.8 Å². The third kappa shape index (κ3) is 12.5. The van der Waals surface area contributed by atoms with Gasteiger partial charge in [-0.2, -0.15) is 0 Å². The molecular weight excluding hydrogens is 837 g/mol. The average molecular weight is 909 g/mol. The van der Waals surface area contributed by atoms with E-state index in [0.29, 0.717) is 57.7 Å². The van der Waals surface area contributed by atoms with Gasteiger partial charge in [-0.15, -0.1) is 0 Å². The molecule has 1 aliphatic carbocycles. The van der Waals surface area contributed by atoms with Gasteiger partial charge >= 0.3 is 12.1 Å². The second-order valence-electron chi connectivity index (χ2n) is 17.9. The first-order valence-corrected chi connectivity index (χ1v) is 23.9. The largest absolute Gasteiger partial charge is 0.490 e. The summed E-state index contributed by atoms with van der Waals surface area (Å²) in [7, 11) is 0. The van der Waals surface area contributed by atoms with Crippen molar-refractivity contribution in [3.63, 3.8) is 0 Å². The molecule has 12 nitrogen and oxygen atoms in total. The molecule has 7 rings (SSSR count). The van der Waals surface area contributed by atoms with Crippen molar-refractivity contribution in [1.29, 1.82) is 0 Å². The number of carbonyl (C=O) groups excluding carboxylic acids is 2. The maximum atomic E-state index is 12.7. The summed E-state index contributed by atoms with van der Waals surface area (Å²) in [5.74, 6) is 0.924. The summed E-state index contributed by atoms with van der Waals surface area (Å²) < 4.78 is 46.9. The number of carbonyl (C=O) groups is 2. The van der Waals surface area contributed by atoms with E-state index < -0.39 is 23.7 Å². The van der Waals surface area contributed by atoms with Gasteiger partial charge in [0.15, 0.2) is 12.2 Å². The normalized spacial score (nSPS) is 16.7. The highest BCUT2D eigenvalue weighted by molar-refractivity contribution is 5.86. The second-order valence-corrected chi connectivity index (χ2v) is 17.9. The lowest BCUT2D eigenvalue weighted by Gasteiger charge is -2.40. The van der Waals surface area contributed by atoms with E-state index in [0.717, 1.165) is 43.4 Å². The standard InChI is InChI=1S/C50H61NO10.C4H11N/c1-5-8-25-51-47(53)61-42(27-55-31-49(7-3)34-57-35-49)29-59-40-23-19-38(20-24-40)50(45-15-11-9-13-43(45)44-14-10-12-16-46(44)50)37-17-21-39(22-18-37)58-28-41(60-36(4)52)26-54-30-48(6-2)32-56-33-48;1-2-3-4-5/h9-24,41-42H,5-8,25-35H2,1-4H3,(H,51,53);2-5H2,1H3. The number of nitrogens with one attached hydrogen (secondary N) is 1. The molecule has 358 valence electrons. The summed E-state index contributed by atoms with van der Waals surface area (Å²) in [5.41, 5.74) is 11.4. The zero-order chi connectivity index (χ0) is 46.8. The van der Waals surface area contributed by atoms with E-state index in [1.54, 1.807) is 0 Å². The van der Waals surface area contributed by atoms with Crippen LogP contribution in [0.15, 0.2) is 97.1 Å². The predicted molar refractivity (Wildman–Crippen MR) is 256 cm³/mol. The molecule has 2 atom stereocenters. The first-order chi connectivity index (χ1) is 32.1. The van der Waals surface area contributed by atoms with Crippen LogP contribution in [0.25, 0.3) is 11.1 Å². The molecule has 1 amide bonds. The summed E-state index contributed by atoms with van der Waals surface area (Å²) in [6.07, 6.45) is 4.51. The van der Waals surface area contributed by atoms with Crippen molar-refractivity contribution in [2.24, 2.45) is 16.6 Å². The Bertz CT molecular complexity index is 2040. The molecule has 4 aromatic carbocycles. The van der Waals surface area contributed by atoms with Crippen LogP contribution < -0.4 is 20.5 Å². The van der Waals surface area contributed by atoms with Crippen molar-refractivity contribution in [3.05, 3.63) is 119 Å². The minimum absolute atomic E-state index is 0.0126. The summed E-state index contributed by atoms with van der Waals surface area (Å²) in [6.45, 7) is 15.8. The quantitative estimate of drug-likeness (QED) is 0.0427. The molecule has 2 aliphatic heterocycles. The number of alkyl carbamates (subject to hydrolysis) is 1. The lowest BCUT2D eigenvalue weighted by Crippen LogP contribution is -2.46. The topological polar surface area (TPSA) is 146 Å². The van der Waals surface area contributed by atoms with Crippen LogP contribution in [-0.2, 0) is 38.6 Å². The number of benzene rings is 4. The Morgan fingerprint density at radius 2 is 1.08 bits per heavy atom. The van der Waals surface area contributed by atoms with Crippen molar-refractivity contribution < 1.29 is 47.5 Å². The fraction of sp³-hybridized carbons (Fsp3) is 0.519. The van der Waals surface area contributed by atoms with Gasteiger partial charge in [0.05, 0.1) is 58.3 Å². The van der Waals surface area contributed by atoms with Gasteiger partial charge in [0.2, 0.25) is 0 Å². The Morgan fingerprint density at radius 3 is 1.45 bits per heavy atom. The van der Waals surface area contributed by atoms with Crippen molar-refractivity contribution in [1.82, 2.24) is 5.32 Å². The van der Waals surface area contributed by atoms with Gasteiger partial charge in [-0.3, -0.25) is 4.79 Å². The van der Waals surface area contributed by atoms with Crippen molar-refractivity contribution in [2.75, 3.05) is 79.2 Å². The van der Waals surface area contributed by atoms with Crippen LogP contribution >= 0.6 is 0 Å². The molecule has 0 bridgehead atoms. The summed E-state index contributed by atoms with van der Waals surface area (Å²) in [4.78, 5) is 24.7. The van der Waals surface area contributed by atoms with E-state index in [1.807, 2.05) is 24.3 Å². The lowest BCUT2D eigenvalue weighted by atomic mass is 9.68. The predicted octanol–water partition coefficient (Wildman–Crippen LogP) is 9.27. The van der Waals surface area contributed by atoms with Crippen LogP contribution in [0.4, 0.5) is 4.79 Å². The van der Waals surface area contributed by atoms with Gasteiger partial charge in [-0.1, -0.05) is 113 Å². The highest BCUT2D eigenvalue weighted by atomic mass is 16.6. The highest BCUT2D eigenvalue weighted by Crippen LogP contribution is 2.56. The van der Waals surface area contributed by atoms with E-state index in [2.05, 4.69) is 106 Å². The molecule has 0 aromatic heterocycles. The van der Waals surface area contributed by atoms with Gasteiger partial charge in [0.25, 0.3) is 0 Å². The van der Waals surface area contributed by atoms with Gasteiger partial charge < -0.3 is 48.9 Å². The number of esters is 1. The third-order valence-corrected chi connectivity index (χ3v) is 12.9. The van der Waals surface area contributed by atoms with E-state index in [-0.39, 0.29) is 43.2 Å². The minimum Gasteiger partial charge on any atom is -0.490 e. The molecule has 4 aromatic rings. The van der Waals surface area contributed by atoms with Gasteiger partial charge in [-0.05, 0) is 89.9 Å². The number of nitrogens with two attached hydrogens (primary N) is 1. The molecule has 3 N–H and O–H groups in total. The Hall–Kier alpha value is -4.98. The molecule has 0 radical (unpaired) electrons. The number of hydrogen-bond acceptors (Lipinski definition) is 11. The maximum Gasteiger partial charge on any atom is 0.407 e. The zero-order valence-electron chi connectivity index (χ0n) is 39.8. The molecule has 2 fully saturated rings. The van der Waals surface area contributed by atoms with Crippen LogP contribution in [0, 0.1) is 10.8 Å². The Labute approximate surface area is 392 Å². The number of fused-ring (bicyclic) bond motifs is 3. The smallest absolute Gasteiger partial charge is 0.407 e. The van der Waals surface area contributed by atoms with E-state index in [1.165, 1.54) is 42.0 Å². The van der Waals surface area contributed by atoms with E-state index in [4.69, 9.17) is 43.6 Å². The second kappa shape index (κ2) is 24.7. The average Bonchev–Trinajstić information content (AvgIpc) is 3.61. The molecule has 2 heterocycles. The number of rotatable bonds is 25. The SMILES string of the molecule is CCCCN.CCCCNC(=O)OC(COCC1(CC)COC1)COc1ccc(C2(c3ccc(OCC(COCC4(CC)COC4)OC(C)=O)cc3)c3ccccc3-c3ccccc32)cc1. The maximum absolute atomic E-state index is 12.7. The summed E-state index contributed by atoms with van der Waals surface area (Å²) in [5, 5.41) is 2.84. The lowest BCUT2D eigenvalue weighted by molar-refractivity contribution is -0.166. The fourth-order valence-electron chi connectivity index (χ4n) is 8.61. The van der Waals surface area contributed by atoms with Crippen molar-refractivity contribution >= 4 is 12.1 Å². The summed E-state index contributed by atoms with van der Waals surface area (Å²) in [6, 6.07) is 33.5. The first-order valence-electron chi connectivity index (χ1n) is 23.9. The fourth-order valence-corrected chi connectivity index (χ4v) is 8.61. The Balaban J connectivity index is 0.00000137. The molecular formula is C54H72N2O10. The first kappa shape index (κ1) is 50.4. The monoisotopic (exact) mass is 909 g/mol. The Kier molecular flexibility index (Phi) is 18.9. The number of ether oxygens (including phenoxy) is 8. The molecule has 2 saturated heterocycles. The van der Waals surface area contributed by atoms with Gasteiger partial charge in [0, 0.05) is 24.3 Å². The van der Waals surface area contributed by atoms with Crippen LogP contribution in [0.2, 0.25) is 0 Å².